The highest BCUT2D eigenvalue weighted by Gasteiger charge is 2.09. The fourth-order valence-corrected chi connectivity index (χ4v) is 1.62. The fraction of sp³-hybridized carbons (Fsp3) is 0.182. The number of nitrogens with zero attached hydrogens (tertiary/aromatic N) is 1. The minimum absolute atomic E-state index is 0.360. The number of benzene rings is 1. The Bertz CT molecular complexity index is 504. The summed E-state index contributed by atoms with van der Waals surface area (Å²) in [5, 5.41) is 1.57. The Morgan fingerprint density at radius 1 is 1.47 bits per heavy atom. The number of ether oxygens (including phenoxy) is 1. The molecule has 0 aliphatic rings. The van der Waals surface area contributed by atoms with Gasteiger partial charge in [-0.1, -0.05) is 17.7 Å². The maximum Gasteiger partial charge on any atom is 0.418 e. The second-order valence-electron chi connectivity index (χ2n) is 3.09. The molecule has 0 aliphatic carbocycles. The quantitative estimate of drug-likeness (QED) is 0.743. The first-order valence-electron chi connectivity index (χ1n) is 4.66. The average Bonchev–Trinajstić information content (AvgIpc) is 2.60. The van der Waals surface area contributed by atoms with Crippen molar-refractivity contribution in [3.05, 3.63) is 35.5 Å². The smallest absolute Gasteiger partial charge is 0.418 e. The van der Waals surface area contributed by atoms with Crippen LogP contribution in [0.3, 0.4) is 0 Å². The molecule has 0 N–H and O–H groups in total. The van der Waals surface area contributed by atoms with Gasteiger partial charge in [-0.2, -0.15) is 0 Å². The summed E-state index contributed by atoms with van der Waals surface area (Å²) in [6, 6.07) is 7.25. The van der Waals surface area contributed by atoms with Gasteiger partial charge in [0.15, 0.2) is 0 Å². The van der Waals surface area contributed by atoms with E-state index in [1.807, 2.05) is 12.1 Å². The van der Waals surface area contributed by atoms with Gasteiger partial charge in [-0.15, -0.1) is 0 Å². The summed E-state index contributed by atoms with van der Waals surface area (Å²) < 4.78 is 6.36. The molecule has 0 aliphatic heterocycles. The van der Waals surface area contributed by atoms with Gasteiger partial charge in [-0.25, -0.2) is 4.79 Å². The van der Waals surface area contributed by atoms with E-state index in [-0.39, 0.29) is 6.09 Å². The monoisotopic (exact) mass is 223 g/mol. The van der Waals surface area contributed by atoms with Gasteiger partial charge in [0.05, 0.1) is 12.1 Å². The SMILES string of the molecule is CCOC(=O)n1ccc2ccc(Cl)cc21. The summed E-state index contributed by atoms with van der Waals surface area (Å²) in [4.78, 5) is 11.5. The summed E-state index contributed by atoms with van der Waals surface area (Å²) in [5.41, 5.74) is 0.765. The topological polar surface area (TPSA) is 31.2 Å². The second-order valence-corrected chi connectivity index (χ2v) is 3.52. The van der Waals surface area contributed by atoms with Crippen LogP contribution in [0.25, 0.3) is 10.9 Å². The van der Waals surface area contributed by atoms with E-state index in [0.717, 1.165) is 10.9 Å². The van der Waals surface area contributed by atoms with Crippen molar-refractivity contribution < 1.29 is 9.53 Å². The lowest BCUT2D eigenvalue weighted by Gasteiger charge is -2.03. The first kappa shape index (κ1) is 10.1. The van der Waals surface area contributed by atoms with E-state index >= 15 is 0 Å². The van der Waals surface area contributed by atoms with Gasteiger partial charge < -0.3 is 4.74 Å². The molecule has 4 heteroatoms. The van der Waals surface area contributed by atoms with Crippen LogP contribution in [0.4, 0.5) is 4.79 Å². The van der Waals surface area contributed by atoms with Crippen molar-refractivity contribution in [3.63, 3.8) is 0 Å². The Hall–Kier alpha value is -1.48. The first-order valence-corrected chi connectivity index (χ1v) is 5.04. The Morgan fingerprint density at radius 2 is 2.27 bits per heavy atom. The van der Waals surface area contributed by atoms with E-state index in [2.05, 4.69) is 0 Å². The molecule has 0 spiro atoms. The van der Waals surface area contributed by atoms with Crippen LogP contribution in [0.15, 0.2) is 30.5 Å². The molecule has 0 bridgehead atoms. The lowest BCUT2D eigenvalue weighted by atomic mass is 10.2. The van der Waals surface area contributed by atoms with Gasteiger partial charge in [-0.3, -0.25) is 4.57 Å². The highest BCUT2D eigenvalue weighted by atomic mass is 35.5. The minimum Gasteiger partial charge on any atom is -0.449 e. The molecule has 78 valence electrons. The van der Waals surface area contributed by atoms with E-state index in [0.29, 0.717) is 11.6 Å². The van der Waals surface area contributed by atoms with E-state index in [9.17, 15) is 4.79 Å². The number of halogens is 1. The zero-order valence-electron chi connectivity index (χ0n) is 8.24. The standard InChI is InChI=1S/C11H10ClNO2/c1-2-15-11(14)13-6-5-8-3-4-9(12)7-10(8)13/h3-7H,2H2,1H3. The number of hydrogen-bond acceptors (Lipinski definition) is 2. The summed E-state index contributed by atoms with van der Waals surface area (Å²) in [7, 11) is 0. The van der Waals surface area contributed by atoms with E-state index < -0.39 is 0 Å². The molecule has 0 fully saturated rings. The molecule has 2 aromatic rings. The van der Waals surface area contributed by atoms with E-state index in [1.54, 1.807) is 25.3 Å². The highest BCUT2D eigenvalue weighted by molar-refractivity contribution is 6.31. The third kappa shape index (κ3) is 1.83. The van der Waals surface area contributed by atoms with Crippen molar-refractivity contribution >= 4 is 28.6 Å². The van der Waals surface area contributed by atoms with Crippen molar-refractivity contribution in [2.24, 2.45) is 0 Å². The fourth-order valence-electron chi connectivity index (χ4n) is 1.45. The zero-order chi connectivity index (χ0) is 10.8. The first-order chi connectivity index (χ1) is 7.22. The van der Waals surface area contributed by atoms with Gasteiger partial charge in [0.1, 0.15) is 0 Å². The van der Waals surface area contributed by atoms with Gasteiger partial charge in [0.25, 0.3) is 0 Å². The molecule has 0 saturated heterocycles. The molecular weight excluding hydrogens is 214 g/mol. The maximum absolute atomic E-state index is 11.5. The van der Waals surface area contributed by atoms with Crippen LogP contribution in [0.1, 0.15) is 6.92 Å². The molecule has 0 amide bonds. The number of fused-ring (bicyclic) bond motifs is 1. The molecule has 0 saturated carbocycles. The number of carbonyl (C=O) groups excluding carboxylic acids is 1. The van der Waals surface area contributed by atoms with Crippen molar-refractivity contribution in [2.75, 3.05) is 6.61 Å². The second kappa shape index (κ2) is 3.95. The molecule has 0 atom stereocenters. The van der Waals surface area contributed by atoms with Crippen molar-refractivity contribution in [1.29, 1.82) is 0 Å². The Labute approximate surface area is 92.2 Å². The molecule has 0 unspecified atom stereocenters. The summed E-state index contributed by atoms with van der Waals surface area (Å²) in [5.74, 6) is 0. The van der Waals surface area contributed by atoms with Crippen molar-refractivity contribution in [3.8, 4) is 0 Å². The molecule has 2 rings (SSSR count). The summed E-state index contributed by atoms with van der Waals surface area (Å²) in [6.45, 7) is 2.13. The molecule has 0 radical (unpaired) electrons. The molecule has 15 heavy (non-hydrogen) atoms. The third-order valence-electron chi connectivity index (χ3n) is 2.12. The number of aromatic nitrogens is 1. The van der Waals surface area contributed by atoms with Gasteiger partial charge in [0.2, 0.25) is 0 Å². The van der Waals surface area contributed by atoms with E-state index in [4.69, 9.17) is 16.3 Å². The zero-order valence-corrected chi connectivity index (χ0v) is 8.99. The van der Waals surface area contributed by atoms with Crippen LogP contribution >= 0.6 is 11.6 Å². The Morgan fingerprint density at radius 3 is 3.00 bits per heavy atom. The number of carbonyl (C=O) groups is 1. The average molecular weight is 224 g/mol. The van der Waals surface area contributed by atoms with Crippen molar-refractivity contribution in [2.45, 2.75) is 6.92 Å². The van der Waals surface area contributed by atoms with Crippen LogP contribution in [0.5, 0.6) is 0 Å². The molecular formula is C11H10ClNO2. The Balaban J connectivity index is 2.52. The van der Waals surface area contributed by atoms with Gasteiger partial charge in [0, 0.05) is 16.6 Å². The Kier molecular flexibility index (Phi) is 2.64. The van der Waals surface area contributed by atoms with Crippen LogP contribution in [0, 0.1) is 0 Å². The van der Waals surface area contributed by atoms with Crippen LogP contribution in [-0.2, 0) is 4.74 Å². The lowest BCUT2D eigenvalue weighted by molar-refractivity contribution is 0.155. The molecule has 3 nitrogen and oxygen atoms in total. The maximum atomic E-state index is 11.5. The van der Waals surface area contributed by atoms with Gasteiger partial charge >= 0.3 is 6.09 Å². The normalized spacial score (nSPS) is 10.5. The summed E-state index contributed by atoms with van der Waals surface area (Å²) in [6.07, 6.45) is 1.30. The van der Waals surface area contributed by atoms with E-state index in [1.165, 1.54) is 4.57 Å². The lowest BCUT2D eigenvalue weighted by Crippen LogP contribution is -2.11. The highest BCUT2D eigenvalue weighted by Crippen LogP contribution is 2.20. The third-order valence-corrected chi connectivity index (χ3v) is 2.35. The van der Waals surface area contributed by atoms with Crippen molar-refractivity contribution in [1.82, 2.24) is 4.57 Å². The molecule has 1 aromatic heterocycles. The predicted molar refractivity (Wildman–Crippen MR) is 59.4 cm³/mol. The molecule has 1 aromatic carbocycles. The van der Waals surface area contributed by atoms with Crippen LogP contribution in [-0.4, -0.2) is 17.3 Å². The van der Waals surface area contributed by atoms with Crippen LogP contribution in [0.2, 0.25) is 5.02 Å². The summed E-state index contributed by atoms with van der Waals surface area (Å²) >= 11 is 5.86. The van der Waals surface area contributed by atoms with Crippen LogP contribution < -0.4 is 0 Å². The van der Waals surface area contributed by atoms with Gasteiger partial charge in [-0.05, 0) is 25.1 Å². The number of rotatable bonds is 1. The predicted octanol–water partition coefficient (Wildman–Crippen LogP) is 3.30. The largest absolute Gasteiger partial charge is 0.449 e. The number of hydrogen-bond donors (Lipinski definition) is 0. The molecule has 1 heterocycles. The minimum atomic E-state index is -0.380.